The molecule has 0 atom stereocenters. The van der Waals surface area contributed by atoms with E-state index in [1.165, 1.54) is 86.9 Å². The predicted molar refractivity (Wildman–Crippen MR) is 253 cm³/mol. The Labute approximate surface area is 350 Å². The van der Waals surface area contributed by atoms with Gasteiger partial charge in [0.1, 0.15) is 0 Å². The summed E-state index contributed by atoms with van der Waals surface area (Å²) in [4.78, 5) is 2.56. The highest BCUT2D eigenvalue weighted by Gasteiger charge is 2.35. The molecule has 0 unspecified atom stereocenters. The van der Waals surface area contributed by atoms with E-state index in [4.69, 9.17) is 0 Å². The molecule has 0 N–H and O–H groups in total. The van der Waals surface area contributed by atoms with E-state index in [1.807, 2.05) is 11.3 Å². The van der Waals surface area contributed by atoms with Crippen molar-refractivity contribution in [2.24, 2.45) is 0 Å². The van der Waals surface area contributed by atoms with Gasteiger partial charge in [-0.05, 0) is 92.0 Å². The molecule has 0 aliphatic heterocycles. The Morgan fingerprint density at radius 3 is 1.69 bits per heavy atom. The van der Waals surface area contributed by atoms with Gasteiger partial charge in [0, 0.05) is 36.7 Å². The lowest BCUT2D eigenvalue weighted by molar-refractivity contribution is 0.660. The monoisotopic (exact) mass is 771 g/mol. The van der Waals surface area contributed by atoms with Gasteiger partial charge in [-0.2, -0.15) is 0 Å². The van der Waals surface area contributed by atoms with Crippen molar-refractivity contribution in [1.29, 1.82) is 0 Å². The summed E-state index contributed by atoms with van der Waals surface area (Å²) in [6.07, 6.45) is 0. The molecule has 10 aromatic rings. The van der Waals surface area contributed by atoms with Crippen molar-refractivity contribution in [3.63, 3.8) is 0 Å². The fraction of sp³-hybridized carbons (Fsp3) is 0.0526. The molecule has 59 heavy (non-hydrogen) atoms. The first kappa shape index (κ1) is 35.2. The summed E-state index contributed by atoms with van der Waals surface area (Å²) in [5.41, 5.74) is 18.2. The van der Waals surface area contributed by atoms with Gasteiger partial charge in [-0.3, -0.25) is 0 Å². The van der Waals surface area contributed by atoms with Crippen molar-refractivity contribution in [2.75, 3.05) is 4.90 Å². The summed E-state index contributed by atoms with van der Waals surface area (Å²) in [6, 6.07) is 78.2. The van der Waals surface area contributed by atoms with Gasteiger partial charge in [0.25, 0.3) is 0 Å². The van der Waals surface area contributed by atoms with Crippen molar-refractivity contribution in [1.82, 2.24) is 0 Å². The molecule has 11 rings (SSSR count). The van der Waals surface area contributed by atoms with Crippen LogP contribution in [-0.2, 0) is 5.41 Å². The van der Waals surface area contributed by atoms with Crippen molar-refractivity contribution >= 4 is 48.6 Å². The fourth-order valence-corrected chi connectivity index (χ4v) is 10.7. The van der Waals surface area contributed by atoms with Gasteiger partial charge in [0.05, 0.1) is 17.1 Å². The molecular formula is C57H41NS. The van der Waals surface area contributed by atoms with Crippen molar-refractivity contribution in [3.8, 4) is 55.6 Å². The first-order valence-corrected chi connectivity index (χ1v) is 21.3. The molecule has 0 spiro atoms. The van der Waals surface area contributed by atoms with Crippen molar-refractivity contribution < 1.29 is 0 Å². The fourth-order valence-electron chi connectivity index (χ4n) is 9.55. The lowest BCUT2D eigenvalue weighted by Crippen LogP contribution is -2.15. The lowest BCUT2D eigenvalue weighted by atomic mass is 9.81. The Hall–Kier alpha value is -7.00. The highest BCUT2D eigenvalue weighted by atomic mass is 32.1. The van der Waals surface area contributed by atoms with Crippen LogP contribution in [0.25, 0.3) is 75.8 Å². The molecule has 0 radical (unpaired) electrons. The summed E-state index contributed by atoms with van der Waals surface area (Å²) >= 11 is 1.87. The number of hydrogen-bond donors (Lipinski definition) is 0. The maximum Gasteiger partial charge on any atom is 0.0555 e. The first-order chi connectivity index (χ1) is 29.1. The maximum atomic E-state index is 2.56. The minimum Gasteiger partial charge on any atom is -0.309 e. The average Bonchev–Trinajstić information content (AvgIpc) is 3.79. The molecule has 1 aliphatic rings. The number of fused-ring (bicyclic) bond motifs is 6. The van der Waals surface area contributed by atoms with E-state index in [0.29, 0.717) is 0 Å². The Bertz CT molecular complexity index is 3190. The van der Waals surface area contributed by atoms with Crippen molar-refractivity contribution in [3.05, 3.63) is 223 Å². The molecule has 280 valence electrons. The smallest absolute Gasteiger partial charge is 0.0555 e. The number of para-hydroxylation sites is 1. The number of nitrogens with zero attached hydrogens (tertiary/aromatic N) is 1. The number of anilines is 3. The van der Waals surface area contributed by atoms with Crippen LogP contribution < -0.4 is 4.90 Å². The molecule has 1 heterocycles. The third-order valence-corrected chi connectivity index (χ3v) is 13.4. The molecule has 0 fully saturated rings. The highest BCUT2D eigenvalue weighted by Crippen LogP contribution is 2.54. The van der Waals surface area contributed by atoms with Crippen molar-refractivity contribution in [2.45, 2.75) is 19.3 Å². The van der Waals surface area contributed by atoms with Gasteiger partial charge in [-0.15, -0.1) is 11.3 Å². The Morgan fingerprint density at radius 1 is 0.356 bits per heavy atom. The van der Waals surface area contributed by atoms with E-state index in [2.05, 4.69) is 231 Å². The van der Waals surface area contributed by atoms with Crippen LogP contribution in [0, 0.1) is 0 Å². The SMILES string of the molecule is CC1(C)c2ccccc2-c2ccc(-c3ccccc3N(c3cccc(-c4ccccc4)c3-c3ccccc3-c3ccccc3)c3cccc4sc5ccccc5c34)cc21. The second kappa shape index (κ2) is 14.1. The zero-order valence-corrected chi connectivity index (χ0v) is 33.9. The van der Waals surface area contributed by atoms with Crippen LogP contribution in [0.4, 0.5) is 17.1 Å². The topological polar surface area (TPSA) is 3.24 Å². The Morgan fingerprint density at radius 2 is 0.898 bits per heavy atom. The quantitative estimate of drug-likeness (QED) is 0.156. The van der Waals surface area contributed by atoms with Crippen LogP contribution in [0.15, 0.2) is 212 Å². The summed E-state index contributed by atoms with van der Waals surface area (Å²) in [6.45, 7) is 4.74. The lowest BCUT2D eigenvalue weighted by Gasteiger charge is -2.32. The van der Waals surface area contributed by atoms with Crippen LogP contribution in [0.2, 0.25) is 0 Å². The van der Waals surface area contributed by atoms with E-state index in [-0.39, 0.29) is 5.41 Å². The second-order valence-corrected chi connectivity index (χ2v) is 17.1. The van der Waals surface area contributed by atoms with Gasteiger partial charge in [0.2, 0.25) is 0 Å². The third-order valence-electron chi connectivity index (χ3n) is 12.3. The standard InChI is InChI=1S/C57H41NS/c1-57(2)48-29-14-11-25-44(48)45-36-35-40(37-49(45)57)42-24-12-15-30-50(42)58(52-32-18-34-54-56(52)47-27-13-16-33-53(47)59-54)51-31-17-28-43(39-21-7-4-8-22-39)55(51)46-26-10-9-23-41(46)38-19-5-3-6-20-38/h3-37H,1-2H3. The normalized spacial score (nSPS) is 12.7. The zero-order valence-electron chi connectivity index (χ0n) is 33.1. The number of benzene rings is 9. The van der Waals surface area contributed by atoms with E-state index in [1.54, 1.807) is 0 Å². The predicted octanol–water partition coefficient (Wildman–Crippen LogP) is 16.5. The molecule has 0 amide bonds. The molecule has 2 heteroatoms. The van der Waals surface area contributed by atoms with E-state index >= 15 is 0 Å². The van der Waals surface area contributed by atoms with Crippen LogP contribution in [0.3, 0.4) is 0 Å². The Kier molecular flexibility index (Phi) is 8.43. The second-order valence-electron chi connectivity index (χ2n) is 16.0. The summed E-state index contributed by atoms with van der Waals surface area (Å²) in [7, 11) is 0. The van der Waals surface area contributed by atoms with E-state index in [0.717, 1.165) is 17.1 Å². The third kappa shape index (κ3) is 5.74. The summed E-state index contributed by atoms with van der Waals surface area (Å²) in [5, 5.41) is 2.54. The summed E-state index contributed by atoms with van der Waals surface area (Å²) < 4.78 is 2.56. The number of thiophene rings is 1. The molecule has 0 saturated carbocycles. The van der Waals surface area contributed by atoms with E-state index in [9.17, 15) is 0 Å². The number of hydrogen-bond acceptors (Lipinski definition) is 2. The van der Waals surface area contributed by atoms with Gasteiger partial charge in [-0.25, -0.2) is 0 Å². The Balaban J connectivity index is 1.24. The van der Waals surface area contributed by atoms with Gasteiger partial charge in [0.15, 0.2) is 0 Å². The molecule has 0 bridgehead atoms. The first-order valence-electron chi connectivity index (χ1n) is 20.4. The largest absolute Gasteiger partial charge is 0.309 e. The zero-order chi connectivity index (χ0) is 39.5. The van der Waals surface area contributed by atoms with Crippen LogP contribution in [-0.4, -0.2) is 0 Å². The minimum atomic E-state index is -0.115. The van der Waals surface area contributed by atoms with Gasteiger partial charge < -0.3 is 4.90 Å². The van der Waals surface area contributed by atoms with E-state index < -0.39 is 0 Å². The minimum absolute atomic E-state index is 0.115. The summed E-state index contributed by atoms with van der Waals surface area (Å²) in [5.74, 6) is 0. The molecule has 1 aromatic heterocycles. The molecular weight excluding hydrogens is 731 g/mol. The van der Waals surface area contributed by atoms with Gasteiger partial charge >= 0.3 is 0 Å². The van der Waals surface area contributed by atoms with Crippen LogP contribution >= 0.6 is 11.3 Å². The molecule has 0 saturated heterocycles. The molecule has 1 aliphatic carbocycles. The molecule has 1 nitrogen and oxygen atoms in total. The molecule has 9 aromatic carbocycles. The van der Waals surface area contributed by atoms with Gasteiger partial charge in [-0.1, -0.05) is 190 Å². The number of rotatable bonds is 7. The highest BCUT2D eigenvalue weighted by molar-refractivity contribution is 7.26. The van der Waals surface area contributed by atoms with Crippen LogP contribution in [0.5, 0.6) is 0 Å². The van der Waals surface area contributed by atoms with Crippen LogP contribution in [0.1, 0.15) is 25.0 Å². The maximum absolute atomic E-state index is 2.56. The average molecular weight is 772 g/mol.